The van der Waals surface area contributed by atoms with E-state index in [0.717, 1.165) is 17.0 Å². The van der Waals surface area contributed by atoms with Gasteiger partial charge in [0.25, 0.3) is 5.91 Å². The lowest BCUT2D eigenvalue weighted by Crippen LogP contribution is -2.29. The zero-order valence-corrected chi connectivity index (χ0v) is 12.5. The van der Waals surface area contributed by atoms with E-state index in [4.69, 9.17) is 5.11 Å². The van der Waals surface area contributed by atoms with Crippen LogP contribution in [0.25, 0.3) is 0 Å². The van der Waals surface area contributed by atoms with Crippen molar-refractivity contribution in [1.82, 2.24) is 5.32 Å². The van der Waals surface area contributed by atoms with Gasteiger partial charge in [-0.2, -0.15) is 11.8 Å². The van der Waals surface area contributed by atoms with Crippen LogP contribution in [-0.2, 0) is 0 Å². The highest BCUT2D eigenvalue weighted by molar-refractivity contribution is 8.00. The molecule has 1 saturated heterocycles. The maximum atomic E-state index is 12.0. The predicted octanol–water partition coefficient (Wildman–Crippen LogP) is 2.03. The van der Waals surface area contributed by atoms with Crippen molar-refractivity contribution < 1.29 is 9.90 Å². The highest BCUT2D eigenvalue weighted by atomic mass is 32.2. The van der Waals surface area contributed by atoms with Crippen molar-refractivity contribution in [3.8, 4) is 11.8 Å². The molecule has 0 bridgehead atoms. The van der Waals surface area contributed by atoms with Gasteiger partial charge in [0.05, 0.1) is 9.75 Å². The molecule has 1 aromatic heterocycles. The molecule has 1 aliphatic rings. The third kappa shape index (κ3) is 4.00. The van der Waals surface area contributed by atoms with Crippen LogP contribution >= 0.6 is 23.1 Å². The van der Waals surface area contributed by atoms with Crippen LogP contribution in [0.4, 0.5) is 0 Å². The molecule has 0 aromatic carbocycles. The Morgan fingerprint density at radius 2 is 2.47 bits per heavy atom. The number of hydrogen-bond acceptors (Lipinski definition) is 4. The summed E-state index contributed by atoms with van der Waals surface area (Å²) in [7, 11) is 0. The smallest absolute Gasteiger partial charge is 0.261 e. The normalized spacial score (nSPS) is 17.9. The third-order valence-electron chi connectivity index (χ3n) is 2.94. The minimum absolute atomic E-state index is 0.0161. The number of nitrogens with one attached hydrogen (secondary N) is 1. The fourth-order valence-corrected chi connectivity index (χ4v) is 4.10. The molecule has 1 amide bonds. The zero-order valence-electron chi connectivity index (χ0n) is 10.9. The van der Waals surface area contributed by atoms with Gasteiger partial charge in [-0.15, -0.1) is 11.3 Å². The molecule has 1 fully saturated rings. The molecule has 1 aromatic rings. The molecule has 0 radical (unpaired) electrons. The number of thiophene rings is 1. The molecule has 3 nitrogen and oxygen atoms in total. The van der Waals surface area contributed by atoms with Gasteiger partial charge in [-0.05, 0) is 37.1 Å². The first kappa shape index (κ1) is 14.4. The summed E-state index contributed by atoms with van der Waals surface area (Å²) in [5.41, 5.74) is 0.992. The first-order valence-corrected chi connectivity index (χ1v) is 8.17. The van der Waals surface area contributed by atoms with Crippen LogP contribution < -0.4 is 5.32 Å². The van der Waals surface area contributed by atoms with E-state index >= 15 is 0 Å². The lowest BCUT2D eigenvalue weighted by atomic mass is 10.2. The first-order chi connectivity index (χ1) is 9.20. The van der Waals surface area contributed by atoms with Gasteiger partial charge < -0.3 is 10.4 Å². The highest BCUT2D eigenvalue weighted by Gasteiger charge is 2.17. The molecular formula is C14H17NO2S2. The number of carbonyl (C=O) groups is 1. The molecule has 0 aliphatic carbocycles. The van der Waals surface area contributed by atoms with Gasteiger partial charge >= 0.3 is 0 Å². The van der Waals surface area contributed by atoms with Crippen LogP contribution in [0.15, 0.2) is 6.07 Å². The molecule has 2 rings (SSSR count). The summed E-state index contributed by atoms with van der Waals surface area (Å²) >= 11 is 3.32. The standard InChI is InChI=1S/C14H17NO2S2/c1-10-8-13(19-12(10)5-2-6-16)14(17)15-9-11-4-3-7-18-11/h8,11,16H,3-4,6-7,9H2,1H3,(H,15,17). The van der Waals surface area contributed by atoms with Crippen LogP contribution in [-0.4, -0.2) is 35.2 Å². The maximum Gasteiger partial charge on any atom is 0.261 e. The van der Waals surface area contributed by atoms with Crippen molar-refractivity contribution in [2.24, 2.45) is 0 Å². The second-order valence-electron chi connectivity index (χ2n) is 4.43. The summed E-state index contributed by atoms with van der Waals surface area (Å²) in [6, 6.07) is 1.86. The monoisotopic (exact) mass is 295 g/mol. The topological polar surface area (TPSA) is 49.3 Å². The van der Waals surface area contributed by atoms with Gasteiger partial charge in [0.1, 0.15) is 6.61 Å². The lowest BCUT2D eigenvalue weighted by Gasteiger charge is -2.08. The van der Waals surface area contributed by atoms with E-state index in [2.05, 4.69) is 17.2 Å². The molecule has 0 spiro atoms. The largest absolute Gasteiger partial charge is 0.384 e. The fourth-order valence-electron chi connectivity index (χ4n) is 1.94. The number of amides is 1. The minimum Gasteiger partial charge on any atom is -0.384 e. The average Bonchev–Trinajstić information content (AvgIpc) is 3.03. The average molecular weight is 295 g/mol. The summed E-state index contributed by atoms with van der Waals surface area (Å²) in [5.74, 6) is 6.68. The Bertz CT molecular complexity index is 507. The number of aliphatic hydroxyl groups is 1. The van der Waals surface area contributed by atoms with Crippen molar-refractivity contribution in [3.05, 3.63) is 21.4 Å². The molecule has 102 valence electrons. The van der Waals surface area contributed by atoms with Crippen LogP contribution in [0.1, 0.15) is 33.0 Å². The number of aryl methyl sites for hydroxylation is 1. The summed E-state index contributed by atoms with van der Waals surface area (Å²) < 4.78 is 0. The second kappa shape index (κ2) is 6.99. The molecule has 0 saturated carbocycles. The number of aliphatic hydroxyl groups excluding tert-OH is 1. The molecular weight excluding hydrogens is 278 g/mol. The Kier molecular flexibility index (Phi) is 5.32. The van der Waals surface area contributed by atoms with E-state index in [1.54, 1.807) is 0 Å². The summed E-state index contributed by atoms with van der Waals surface area (Å²) in [6.45, 7) is 2.53. The van der Waals surface area contributed by atoms with Crippen LogP contribution in [0.2, 0.25) is 0 Å². The second-order valence-corrected chi connectivity index (χ2v) is 6.89. The van der Waals surface area contributed by atoms with Crippen molar-refractivity contribution in [3.63, 3.8) is 0 Å². The van der Waals surface area contributed by atoms with Crippen molar-refractivity contribution in [2.75, 3.05) is 18.9 Å². The molecule has 1 aliphatic heterocycles. The van der Waals surface area contributed by atoms with E-state index in [-0.39, 0.29) is 12.5 Å². The number of carbonyl (C=O) groups excluding carboxylic acids is 1. The van der Waals surface area contributed by atoms with Gasteiger partial charge in [-0.1, -0.05) is 11.8 Å². The molecule has 2 heterocycles. The van der Waals surface area contributed by atoms with E-state index in [0.29, 0.717) is 10.1 Å². The van der Waals surface area contributed by atoms with Gasteiger partial charge in [-0.3, -0.25) is 4.79 Å². The van der Waals surface area contributed by atoms with Gasteiger partial charge in [0.2, 0.25) is 0 Å². The maximum absolute atomic E-state index is 12.0. The Morgan fingerprint density at radius 1 is 1.63 bits per heavy atom. The minimum atomic E-state index is -0.155. The van der Waals surface area contributed by atoms with Crippen molar-refractivity contribution in [2.45, 2.75) is 25.0 Å². The summed E-state index contributed by atoms with van der Waals surface area (Å²) in [4.78, 5) is 13.6. The molecule has 19 heavy (non-hydrogen) atoms. The lowest BCUT2D eigenvalue weighted by molar-refractivity contribution is 0.0957. The Balaban J connectivity index is 1.94. The number of thioether (sulfide) groups is 1. The molecule has 1 atom stereocenters. The molecule has 2 N–H and O–H groups in total. The Morgan fingerprint density at radius 3 is 3.16 bits per heavy atom. The Hall–Kier alpha value is -0.960. The predicted molar refractivity (Wildman–Crippen MR) is 80.8 cm³/mol. The van der Waals surface area contributed by atoms with E-state index in [1.165, 1.54) is 29.9 Å². The van der Waals surface area contributed by atoms with E-state index < -0.39 is 0 Å². The van der Waals surface area contributed by atoms with Crippen LogP contribution in [0, 0.1) is 18.8 Å². The summed E-state index contributed by atoms with van der Waals surface area (Å²) in [5, 5.41) is 12.2. The number of rotatable bonds is 3. The third-order valence-corrected chi connectivity index (χ3v) is 5.49. The first-order valence-electron chi connectivity index (χ1n) is 6.30. The van der Waals surface area contributed by atoms with Crippen molar-refractivity contribution in [1.29, 1.82) is 0 Å². The molecule has 1 unspecified atom stereocenters. The van der Waals surface area contributed by atoms with Crippen molar-refractivity contribution >= 4 is 29.0 Å². The Labute approximate surface area is 121 Å². The zero-order chi connectivity index (χ0) is 13.7. The van der Waals surface area contributed by atoms with E-state index in [1.807, 2.05) is 24.8 Å². The van der Waals surface area contributed by atoms with E-state index in [9.17, 15) is 4.79 Å². The SMILES string of the molecule is Cc1cc(C(=O)NCC2CCCS2)sc1C#CCO. The van der Waals surface area contributed by atoms with Gasteiger partial charge in [0.15, 0.2) is 0 Å². The fraction of sp³-hybridized carbons (Fsp3) is 0.500. The van der Waals surface area contributed by atoms with Crippen LogP contribution in [0.3, 0.4) is 0 Å². The van der Waals surface area contributed by atoms with Crippen LogP contribution in [0.5, 0.6) is 0 Å². The summed E-state index contributed by atoms with van der Waals surface area (Å²) in [6.07, 6.45) is 2.45. The van der Waals surface area contributed by atoms with Gasteiger partial charge in [-0.25, -0.2) is 0 Å². The number of hydrogen-bond donors (Lipinski definition) is 2. The molecule has 5 heteroatoms. The highest BCUT2D eigenvalue weighted by Crippen LogP contribution is 2.25. The van der Waals surface area contributed by atoms with Gasteiger partial charge in [0, 0.05) is 11.8 Å². The quantitative estimate of drug-likeness (QED) is 0.839.